The molecule has 1 fully saturated rings. The molecule has 1 aromatic heterocycles. The lowest BCUT2D eigenvalue weighted by molar-refractivity contribution is -0.0549. The molecule has 2 aromatic rings. The number of nitrogens with two attached hydrogens (primary N) is 1. The Morgan fingerprint density at radius 1 is 1.44 bits per heavy atom. The first-order chi connectivity index (χ1) is 8.70. The Kier molecular flexibility index (Phi) is 2.64. The van der Waals surface area contributed by atoms with Crippen molar-refractivity contribution in [3.05, 3.63) is 29.6 Å². The molecule has 0 atom stereocenters. The molecule has 18 heavy (non-hydrogen) atoms. The molecule has 3 rings (SSSR count). The molecule has 96 valence electrons. The highest BCUT2D eigenvalue weighted by Gasteiger charge is 2.39. The average molecular weight is 245 g/mol. The molecule has 0 radical (unpaired) electrons. The fourth-order valence-corrected chi connectivity index (χ4v) is 2.64. The van der Waals surface area contributed by atoms with E-state index in [1.54, 1.807) is 0 Å². The van der Waals surface area contributed by atoms with Crippen LogP contribution in [0.5, 0.6) is 0 Å². The molecule has 1 aliphatic heterocycles. The highest BCUT2D eigenvalue weighted by Crippen LogP contribution is 2.33. The van der Waals surface area contributed by atoms with Crippen molar-refractivity contribution < 1.29 is 4.74 Å². The number of hydrogen-bond acceptors (Lipinski definition) is 3. The van der Waals surface area contributed by atoms with E-state index in [4.69, 9.17) is 10.5 Å². The first-order valence-corrected chi connectivity index (χ1v) is 6.44. The van der Waals surface area contributed by atoms with Crippen LogP contribution in [0.15, 0.2) is 18.2 Å². The minimum absolute atomic E-state index is 0.0187. The largest absolute Gasteiger partial charge is 0.379 e. The second-order valence-corrected chi connectivity index (χ2v) is 5.12. The Balaban J connectivity index is 2.13. The molecule has 2 heterocycles. The van der Waals surface area contributed by atoms with Crippen LogP contribution in [0, 0.1) is 0 Å². The lowest BCUT2D eigenvalue weighted by Gasteiger charge is -2.41. The third-order valence-electron chi connectivity index (χ3n) is 4.05. The van der Waals surface area contributed by atoms with Gasteiger partial charge in [-0.15, -0.1) is 0 Å². The Labute approximate surface area is 107 Å². The SMILES string of the molecule is CCc1nc2ccc(C3(CN)COC3)cc2n1C. The van der Waals surface area contributed by atoms with Gasteiger partial charge in [0.15, 0.2) is 0 Å². The number of ether oxygens (including phenoxy) is 1. The van der Waals surface area contributed by atoms with Crippen molar-refractivity contribution in [2.45, 2.75) is 18.8 Å². The van der Waals surface area contributed by atoms with Crippen LogP contribution in [0.2, 0.25) is 0 Å². The molecule has 0 spiro atoms. The maximum atomic E-state index is 5.91. The van der Waals surface area contributed by atoms with Gasteiger partial charge in [-0.3, -0.25) is 0 Å². The monoisotopic (exact) mass is 245 g/mol. The van der Waals surface area contributed by atoms with E-state index < -0.39 is 0 Å². The summed E-state index contributed by atoms with van der Waals surface area (Å²) in [7, 11) is 2.07. The summed E-state index contributed by atoms with van der Waals surface area (Å²) < 4.78 is 7.52. The summed E-state index contributed by atoms with van der Waals surface area (Å²) in [6.45, 7) is 4.22. The van der Waals surface area contributed by atoms with Crippen molar-refractivity contribution in [3.8, 4) is 0 Å². The summed E-state index contributed by atoms with van der Waals surface area (Å²) in [6, 6.07) is 6.46. The third kappa shape index (κ3) is 1.49. The van der Waals surface area contributed by atoms with Crippen molar-refractivity contribution in [1.29, 1.82) is 0 Å². The standard InChI is InChI=1S/C14H19N3O/c1-3-13-16-11-5-4-10(6-12(11)17(13)2)14(7-15)8-18-9-14/h4-6H,3,7-9,15H2,1-2H3. The highest BCUT2D eigenvalue weighted by molar-refractivity contribution is 5.77. The van der Waals surface area contributed by atoms with Crippen LogP contribution >= 0.6 is 0 Å². The van der Waals surface area contributed by atoms with Gasteiger partial charge < -0.3 is 15.0 Å². The Hall–Kier alpha value is -1.39. The molecule has 4 nitrogen and oxygen atoms in total. The van der Waals surface area contributed by atoms with Crippen LogP contribution in [0.3, 0.4) is 0 Å². The predicted octanol–water partition coefficient (Wildman–Crippen LogP) is 1.36. The van der Waals surface area contributed by atoms with Gasteiger partial charge in [-0.2, -0.15) is 0 Å². The molecule has 4 heteroatoms. The van der Waals surface area contributed by atoms with Gasteiger partial charge in [-0.1, -0.05) is 13.0 Å². The zero-order valence-electron chi connectivity index (χ0n) is 10.9. The second-order valence-electron chi connectivity index (χ2n) is 5.12. The van der Waals surface area contributed by atoms with Crippen LogP contribution < -0.4 is 5.73 Å². The number of nitrogens with zero attached hydrogens (tertiary/aromatic N) is 2. The van der Waals surface area contributed by atoms with Gasteiger partial charge in [0.05, 0.1) is 29.7 Å². The van der Waals surface area contributed by atoms with E-state index in [0.29, 0.717) is 6.54 Å². The molecule has 1 aliphatic rings. The van der Waals surface area contributed by atoms with Crippen molar-refractivity contribution in [3.63, 3.8) is 0 Å². The average Bonchev–Trinajstić information content (AvgIpc) is 2.66. The summed E-state index contributed by atoms with van der Waals surface area (Å²) >= 11 is 0. The predicted molar refractivity (Wildman–Crippen MR) is 71.6 cm³/mol. The smallest absolute Gasteiger partial charge is 0.109 e. The molecule has 0 aliphatic carbocycles. The van der Waals surface area contributed by atoms with E-state index in [0.717, 1.165) is 31.0 Å². The van der Waals surface area contributed by atoms with Crippen molar-refractivity contribution in [1.82, 2.24) is 9.55 Å². The van der Waals surface area contributed by atoms with Crippen molar-refractivity contribution in [2.75, 3.05) is 19.8 Å². The summed E-state index contributed by atoms with van der Waals surface area (Å²) in [5.74, 6) is 1.12. The van der Waals surface area contributed by atoms with Gasteiger partial charge in [0.2, 0.25) is 0 Å². The van der Waals surface area contributed by atoms with Gasteiger partial charge in [-0.05, 0) is 17.7 Å². The fourth-order valence-electron chi connectivity index (χ4n) is 2.64. The number of benzene rings is 1. The summed E-state index contributed by atoms with van der Waals surface area (Å²) in [5.41, 5.74) is 9.45. The summed E-state index contributed by atoms with van der Waals surface area (Å²) in [6.07, 6.45) is 0.950. The topological polar surface area (TPSA) is 53.1 Å². The van der Waals surface area contributed by atoms with Crippen LogP contribution in [0.1, 0.15) is 18.3 Å². The third-order valence-corrected chi connectivity index (χ3v) is 4.05. The van der Waals surface area contributed by atoms with Gasteiger partial charge in [0.1, 0.15) is 5.82 Å². The molecular weight excluding hydrogens is 226 g/mol. The van der Waals surface area contributed by atoms with Gasteiger partial charge in [0, 0.05) is 20.0 Å². The molecule has 1 saturated heterocycles. The zero-order chi connectivity index (χ0) is 12.8. The van der Waals surface area contributed by atoms with Gasteiger partial charge >= 0.3 is 0 Å². The number of hydrogen-bond donors (Lipinski definition) is 1. The minimum Gasteiger partial charge on any atom is -0.379 e. The maximum Gasteiger partial charge on any atom is 0.109 e. The molecular formula is C14H19N3O. The normalized spacial score (nSPS) is 17.9. The molecule has 0 bridgehead atoms. The Morgan fingerprint density at radius 3 is 2.78 bits per heavy atom. The fraction of sp³-hybridized carbons (Fsp3) is 0.500. The molecule has 1 aromatic carbocycles. The number of aromatic nitrogens is 2. The van der Waals surface area contributed by atoms with E-state index in [9.17, 15) is 0 Å². The second kappa shape index (κ2) is 4.07. The number of rotatable bonds is 3. The van der Waals surface area contributed by atoms with Crippen LogP contribution in [-0.2, 0) is 23.6 Å². The molecule has 0 unspecified atom stereocenters. The molecule has 2 N–H and O–H groups in total. The summed E-state index contributed by atoms with van der Waals surface area (Å²) in [4.78, 5) is 4.62. The Morgan fingerprint density at radius 2 is 2.22 bits per heavy atom. The number of imidazole rings is 1. The van der Waals surface area contributed by atoms with E-state index >= 15 is 0 Å². The van der Waals surface area contributed by atoms with Crippen molar-refractivity contribution >= 4 is 11.0 Å². The van der Waals surface area contributed by atoms with E-state index in [1.165, 1.54) is 11.1 Å². The van der Waals surface area contributed by atoms with Crippen LogP contribution in [0.4, 0.5) is 0 Å². The first-order valence-electron chi connectivity index (χ1n) is 6.44. The van der Waals surface area contributed by atoms with E-state index in [2.05, 4.69) is 41.7 Å². The maximum absolute atomic E-state index is 5.91. The van der Waals surface area contributed by atoms with Gasteiger partial charge in [0.25, 0.3) is 0 Å². The number of aryl methyl sites for hydroxylation is 2. The lowest BCUT2D eigenvalue weighted by atomic mass is 9.78. The lowest BCUT2D eigenvalue weighted by Crippen LogP contribution is -2.52. The summed E-state index contributed by atoms with van der Waals surface area (Å²) in [5, 5.41) is 0. The minimum atomic E-state index is 0.0187. The van der Waals surface area contributed by atoms with E-state index in [1.807, 2.05) is 0 Å². The number of fused-ring (bicyclic) bond motifs is 1. The molecule has 0 saturated carbocycles. The quantitative estimate of drug-likeness (QED) is 0.888. The van der Waals surface area contributed by atoms with E-state index in [-0.39, 0.29) is 5.41 Å². The Bertz CT molecular complexity index is 578. The molecule has 0 amide bonds. The van der Waals surface area contributed by atoms with Gasteiger partial charge in [-0.25, -0.2) is 4.98 Å². The first kappa shape index (κ1) is 11.7. The zero-order valence-corrected chi connectivity index (χ0v) is 10.9. The van der Waals surface area contributed by atoms with Crippen molar-refractivity contribution in [2.24, 2.45) is 12.8 Å². The highest BCUT2D eigenvalue weighted by atomic mass is 16.5. The van der Waals surface area contributed by atoms with Crippen LogP contribution in [0.25, 0.3) is 11.0 Å². The van der Waals surface area contributed by atoms with Crippen LogP contribution in [-0.4, -0.2) is 29.3 Å².